The molecule has 0 aliphatic rings. The van der Waals surface area contributed by atoms with Gasteiger partial charge in [-0.3, -0.25) is 9.79 Å². The minimum absolute atomic E-state index is 0.0679. The Bertz CT molecular complexity index is 453. The molecule has 0 spiro atoms. The van der Waals surface area contributed by atoms with Crippen LogP contribution in [0.15, 0.2) is 34.2 Å². The lowest BCUT2D eigenvalue weighted by Crippen LogP contribution is -2.38. The van der Waals surface area contributed by atoms with Gasteiger partial charge in [0.25, 0.3) is 0 Å². The molecule has 0 amide bonds. The highest BCUT2D eigenvalue weighted by molar-refractivity contribution is 5.79. The lowest BCUT2D eigenvalue weighted by atomic mass is 10.3. The van der Waals surface area contributed by atoms with Gasteiger partial charge in [0.1, 0.15) is 0 Å². The van der Waals surface area contributed by atoms with Crippen LogP contribution < -0.4 is 16.2 Å². The largest absolute Gasteiger partial charge is 0.357 e. The van der Waals surface area contributed by atoms with Crippen LogP contribution in [-0.4, -0.2) is 30.2 Å². The number of aliphatic imine (C=N–C) groups is 1. The van der Waals surface area contributed by atoms with Gasteiger partial charge in [-0.1, -0.05) is 13.0 Å². The van der Waals surface area contributed by atoms with Crippen molar-refractivity contribution in [2.24, 2.45) is 4.99 Å². The van der Waals surface area contributed by atoms with E-state index >= 15 is 0 Å². The van der Waals surface area contributed by atoms with Crippen LogP contribution >= 0.6 is 0 Å². The monoisotopic (exact) mass is 278 g/mol. The summed E-state index contributed by atoms with van der Waals surface area (Å²) in [5, 5.41) is 6.53. The molecule has 0 bridgehead atoms. The third-order valence-corrected chi connectivity index (χ3v) is 2.85. The second-order valence-electron chi connectivity index (χ2n) is 4.63. The van der Waals surface area contributed by atoms with Gasteiger partial charge in [0, 0.05) is 38.4 Å². The lowest BCUT2D eigenvalue weighted by molar-refractivity contribution is 0.585. The second kappa shape index (κ2) is 10.1. The fraction of sp³-hybridized carbons (Fsp3) is 0.600. The van der Waals surface area contributed by atoms with Crippen molar-refractivity contribution in [2.45, 2.75) is 39.7 Å². The first-order chi connectivity index (χ1) is 9.77. The number of pyridine rings is 1. The highest BCUT2D eigenvalue weighted by Crippen LogP contribution is 1.92. The standard InChI is InChI=1S/C15H26N4O/c1-3-10-17-15(16-4-2)18-11-6-8-13-19-12-7-5-9-14(19)20/h5,7,9,12H,3-4,6,8,10-11,13H2,1-2H3,(H2,16,17,18). The molecule has 0 aromatic carbocycles. The summed E-state index contributed by atoms with van der Waals surface area (Å²) in [6.45, 7) is 7.53. The molecule has 1 aromatic heterocycles. The third-order valence-electron chi connectivity index (χ3n) is 2.85. The van der Waals surface area contributed by atoms with Gasteiger partial charge in [0.05, 0.1) is 0 Å². The topological polar surface area (TPSA) is 58.4 Å². The van der Waals surface area contributed by atoms with Gasteiger partial charge in [0.2, 0.25) is 5.56 Å². The van der Waals surface area contributed by atoms with Crippen LogP contribution in [-0.2, 0) is 6.54 Å². The zero-order chi connectivity index (χ0) is 14.6. The average Bonchev–Trinajstić information content (AvgIpc) is 2.46. The van der Waals surface area contributed by atoms with E-state index in [1.807, 2.05) is 12.3 Å². The Morgan fingerprint density at radius 3 is 2.80 bits per heavy atom. The smallest absolute Gasteiger partial charge is 0.250 e. The first kappa shape index (κ1) is 16.3. The molecule has 0 aliphatic carbocycles. The molecular weight excluding hydrogens is 252 g/mol. The molecule has 5 heteroatoms. The number of hydrogen-bond acceptors (Lipinski definition) is 2. The van der Waals surface area contributed by atoms with E-state index in [1.165, 1.54) is 0 Å². The molecular formula is C15H26N4O. The predicted molar refractivity (Wildman–Crippen MR) is 84.2 cm³/mol. The molecule has 1 rings (SSSR count). The van der Waals surface area contributed by atoms with Gasteiger partial charge in [-0.05, 0) is 32.3 Å². The molecule has 20 heavy (non-hydrogen) atoms. The fourth-order valence-electron chi connectivity index (χ4n) is 1.82. The molecule has 5 nitrogen and oxygen atoms in total. The van der Waals surface area contributed by atoms with E-state index in [-0.39, 0.29) is 5.56 Å². The van der Waals surface area contributed by atoms with E-state index in [2.05, 4.69) is 29.5 Å². The average molecular weight is 278 g/mol. The summed E-state index contributed by atoms with van der Waals surface area (Å²) in [5.41, 5.74) is 0.0679. The zero-order valence-electron chi connectivity index (χ0n) is 12.6. The summed E-state index contributed by atoms with van der Waals surface area (Å²) < 4.78 is 1.75. The molecule has 0 saturated heterocycles. The van der Waals surface area contributed by atoms with Gasteiger partial charge in [-0.15, -0.1) is 0 Å². The minimum Gasteiger partial charge on any atom is -0.357 e. The number of aryl methyl sites for hydroxylation is 1. The molecule has 0 radical (unpaired) electrons. The first-order valence-corrected chi connectivity index (χ1v) is 7.45. The predicted octanol–water partition coefficient (Wildman–Crippen LogP) is 1.59. The number of hydrogen-bond donors (Lipinski definition) is 2. The molecule has 0 unspecified atom stereocenters. The number of guanidine groups is 1. The third kappa shape index (κ3) is 6.41. The van der Waals surface area contributed by atoms with Gasteiger partial charge in [0.15, 0.2) is 5.96 Å². The van der Waals surface area contributed by atoms with Crippen LogP contribution in [0.1, 0.15) is 33.1 Å². The Kier molecular flexibility index (Phi) is 8.19. The van der Waals surface area contributed by atoms with Crippen LogP contribution in [0.4, 0.5) is 0 Å². The Morgan fingerprint density at radius 1 is 1.25 bits per heavy atom. The van der Waals surface area contributed by atoms with E-state index < -0.39 is 0 Å². The first-order valence-electron chi connectivity index (χ1n) is 7.45. The van der Waals surface area contributed by atoms with Gasteiger partial charge < -0.3 is 15.2 Å². The second-order valence-corrected chi connectivity index (χ2v) is 4.63. The fourth-order valence-corrected chi connectivity index (χ4v) is 1.82. The number of aromatic nitrogens is 1. The van der Waals surface area contributed by atoms with E-state index in [1.54, 1.807) is 16.7 Å². The summed E-state index contributed by atoms with van der Waals surface area (Å²) in [7, 11) is 0. The SMILES string of the molecule is CCCN=C(NCC)NCCCCn1ccccc1=O. The van der Waals surface area contributed by atoms with E-state index in [0.717, 1.165) is 51.4 Å². The summed E-state index contributed by atoms with van der Waals surface area (Å²) in [4.78, 5) is 16.0. The number of nitrogens with zero attached hydrogens (tertiary/aromatic N) is 2. The van der Waals surface area contributed by atoms with Crippen molar-refractivity contribution in [1.82, 2.24) is 15.2 Å². The normalized spacial score (nSPS) is 11.4. The summed E-state index contributed by atoms with van der Waals surface area (Å²) in [6.07, 6.45) is 4.87. The molecule has 0 atom stereocenters. The number of nitrogens with one attached hydrogen (secondary N) is 2. The van der Waals surface area contributed by atoms with Crippen molar-refractivity contribution in [2.75, 3.05) is 19.6 Å². The van der Waals surface area contributed by atoms with Crippen LogP contribution in [0.5, 0.6) is 0 Å². The van der Waals surface area contributed by atoms with Crippen molar-refractivity contribution in [3.8, 4) is 0 Å². The molecule has 112 valence electrons. The van der Waals surface area contributed by atoms with Crippen molar-refractivity contribution in [3.05, 3.63) is 34.7 Å². The quantitative estimate of drug-likeness (QED) is 0.431. The van der Waals surface area contributed by atoms with Gasteiger partial charge in [-0.25, -0.2) is 0 Å². The maximum absolute atomic E-state index is 11.5. The summed E-state index contributed by atoms with van der Waals surface area (Å²) in [5.74, 6) is 0.881. The van der Waals surface area contributed by atoms with Crippen LogP contribution in [0, 0.1) is 0 Å². The Morgan fingerprint density at radius 2 is 2.10 bits per heavy atom. The van der Waals surface area contributed by atoms with Crippen molar-refractivity contribution >= 4 is 5.96 Å². The Labute approximate surface area is 121 Å². The highest BCUT2D eigenvalue weighted by atomic mass is 16.1. The maximum atomic E-state index is 11.5. The molecule has 2 N–H and O–H groups in total. The lowest BCUT2D eigenvalue weighted by Gasteiger charge is -2.11. The van der Waals surface area contributed by atoms with Crippen molar-refractivity contribution in [3.63, 3.8) is 0 Å². The van der Waals surface area contributed by atoms with Crippen LogP contribution in [0.3, 0.4) is 0 Å². The molecule has 1 aromatic rings. The molecule has 0 saturated carbocycles. The van der Waals surface area contributed by atoms with E-state index in [9.17, 15) is 4.79 Å². The number of unbranched alkanes of at least 4 members (excludes halogenated alkanes) is 1. The minimum atomic E-state index is 0.0679. The van der Waals surface area contributed by atoms with E-state index in [4.69, 9.17) is 0 Å². The van der Waals surface area contributed by atoms with Crippen molar-refractivity contribution < 1.29 is 0 Å². The zero-order valence-corrected chi connectivity index (χ0v) is 12.6. The highest BCUT2D eigenvalue weighted by Gasteiger charge is 1.97. The summed E-state index contributed by atoms with van der Waals surface area (Å²) in [6, 6.07) is 5.26. The van der Waals surface area contributed by atoms with Crippen LogP contribution in [0.25, 0.3) is 0 Å². The Hall–Kier alpha value is -1.78. The van der Waals surface area contributed by atoms with Gasteiger partial charge >= 0.3 is 0 Å². The summed E-state index contributed by atoms with van der Waals surface area (Å²) >= 11 is 0. The Balaban J connectivity index is 2.23. The van der Waals surface area contributed by atoms with Gasteiger partial charge in [-0.2, -0.15) is 0 Å². The molecule has 1 heterocycles. The maximum Gasteiger partial charge on any atom is 0.250 e. The molecule has 0 fully saturated rings. The molecule has 0 aliphatic heterocycles. The van der Waals surface area contributed by atoms with E-state index in [0.29, 0.717) is 0 Å². The number of rotatable bonds is 8. The van der Waals surface area contributed by atoms with Crippen LogP contribution in [0.2, 0.25) is 0 Å². The van der Waals surface area contributed by atoms with Crippen molar-refractivity contribution in [1.29, 1.82) is 0 Å².